The van der Waals surface area contributed by atoms with Crippen LogP contribution in [0.1, 0.15) is 26.3 Å². The zero-order valence-electron chi connectivity index (χ0n) is 11.1. The Balaban J connectivity index is 2.33. The highest BCUT2D eigenvalue weighted by Crippen LogP contribution is 2.26. The van der Waals surface area contributed by atoms with Gasteiger partial charge in [0.15, 0.2) is 0 Å². The maximum Gasteiger partial charge on any atom is 0.335 e. The number of para-hydroxylation sites is 1. The van der Waals surface area contributed by atoms with Crippen molar-refractivity contribution in [3.63, 3.8) is 0 Å². The molecule has 3 N–H and O–H groups in total. The number of anilines is 1. The van der Waals surface area contributed by atoms with Crippen LogP contribution in [-0.4, -0.2) is 22.1 Å². The molecule has 0 aliphatic carbocycles. The molecular formula is C15H12ClNO4. The topological polar surface area (TPSA) is 86.6 Å². The molecule has 0 unspecified atom stereocenters. The molecule has 6 heteroatoms. The largest absolute Gasteiger partial charge is 0.507 e. The van der Waals surface area contributed by atoms with Gasteiger partial charge in [0.25, 0.3) is 5.91 Å². The molecule has 0 radical (unpaired) electrons. The van der Waals surface area contributed by atoms with Crippen molar-refractivity contribution in [2.24, 2.45) is 0 Å². The van der Waals surface area contributed by atoms with Crippen LogP contribution in [0.4, 0.5) is 5.69 Å². The summed E-state index contributed by atoms with van der Waals surface area (Å²) >= 11 is 5.93. The first-order chi connectivity index (χ1) is 9.90. The van der Waals surface area contributed by atoms with E-state index >= 15 is 0 Å². The van der Waals surface area contributed by atoms with E-state index in [9.17, 15) is 14.7 Å². The van der Waals surface area contributed by atoms with Crippen molar-refractivity contribution in [1.29, 1.82) is 0 Å². The van der Waals surface area contributed by atoms with Crippen molar-refractivity contribution >= 4 is 29.2 Å². The van der Waals surface area contributed by atoms with Crippen LogP contribution in [0.15, 0.2) is 36.4 Å². The molecule has 0 bridgehead atoms. The third kappa shape index (κ3) is 3.14. The summed E-state index contributed by atoms with van der Waals surface area (Å²) < 4.78 is 0. The average Bonchev–Trinajstić information content (AvgIpc) is 2.43. The van der Waals surface area contributed by atoms with E-state index in [0.29, 0.717) is 5.56 Å². The molecule has 0 saturated heterocycles. The van der Waals surface area contributed by atoms with E-state index < -0.39 is 11.9 Å². The Morgan fingerprint density at radius 3 is 2.57 bits per heavy atom. The number of rotatable bonds is 3. The molecule has 0 heterocycles. The molecule has 0 aliphatic rings. The van der Waals surface area contributed by atoms with Gasteiger partial charge in [-0.15, -0.1) is 0 Å². The molecule has 0 saturated carbocycles. The Morgan fingerprint density at radius 2 is 1.90 bits per heavy atom. The van der Waals surface area contributed by atoms with Crippen LogP contribution in [0.5, 0.6) is 5.75 Å². The smallest absolute Gasteiger partial charge is 0.335 e. The summed E-state index contributed by atoms with van der Waals surface area (Å²) in [5, 5.41) is 21.5. The first-order valence-electron chi connectivity index (χ1n) is 6.03. The fourth-order valence-corrected chi connectivity index (χ4v) is 1.95. The second-order valence-electron chi connectivity index (χ2n) is 4.42. The summed E-state index contributed by atoms with van der Waals surface area (Å²) in [5.74, 6) is -1.82. The minimum absolute atomic E-state index is 0.00293. The van der Waals surface area contributed by atoms with Crippen LogP contribution in [0.25, 0.3) is 0 Å². The lowest BCUT2D eigenvalue weighted by Crippen LogP contribution is -2.13. The van der Waals surface area contributed by atoms with Gasteiger partial charge in [-0.1, -0.05) is 23.7 Å². The zero-order valence-corrected chi connectivity index (χ0v) is 11.8. The van der Waals surface area contributed by atoms with E-state index in [1.165, 1.54) is 24.3 Å². The number of hydrogen-bond donors (Lipinski definition) is 3. The van der Waals surface area contributed by atoms with E-state index in [1.807, 2.05) is 0 Å². The fourth-order valence-electron chi connectivity index (χ4n) is 1.79. The zero-order chi connectivity index (χ0) is 15.6. The number of carbonyl (C=O) groups is 2. The minimum Gasteiger partial charge on any atom is -0.507 e. The van der Waals surface area contributed by atoms with Crippen molar-refractivity contribution in [3.05, 3.63) is 58.1 Å². The maximum atomic E-state index is 12.1. The Bertz CT molecular complexity index is 728. The van der Waals surface area contributed by atoms with E-state index in [0.717, 1.165) is 0 Å². The van der Waals surface area contributed by atoms with Gasteiger partial charge < -0.3 is 15.5 Å². The van der Waals surface area contributed by atoms with Gasteiger partial charge >= 0.3 is 5.97 Å². The number of aromatic carboxylic acids is 1. The second kappa shape index (κ2) is 5.85. The summed E-state index contributed by atoms with van der Waals surface area (Å²) in [6, 6.07) is 8.76. The summed E-state index contributed by atoms with van der Waals surface area (Å²) in [7, 11) is 0. The number of carbonyl (C=O) groups excluding carboxylic acids is 1. The molecule has 0 fully saturated rings. The third-order valence-electron chi connectivity index (χ3n) is 2.94. The lowest BCUT2D eigenvalue weighted by atomic mass is 10.1. The number of benzene rings is 2. The highest BCUT2D eigenvalue weighted by atomic mass is 35.5. The van der Waals surface area contributed by atoms with E-state index in [4.69, 9.17) is 16.7 Å². The number of phenols is 1. The number of phenolic OH excluding ortho intramolecular Hbond substituents is 1. The van der Waals surface area contributed by atoms with Crippen LogP contribution in [-0.2, 0) is 0 Å². The van der Waals surface area contributed by atoms with Crippen LogP contribution < -0.4 is 5.32 Å². The molecule has 2 aromatic rings. The molecule has 108 valence electrons. The highest BCUT2D eigenvalue weighted by molar-refractivity contribution is 6.34. The quantitative estimate of drug-likeness (QED) is 0.812. The van der Waals surface area contributed by atoms with Crippen molar-refractivity contribution in [2.75, 3.05) is 5.32 Å². The fraction of sp³-hybridized carbons (Fsp3) is 0.0667. The molecular weight excluding hydrogens is 294 g/mol. The number of hydrogen-bond acceptors (Lipinski definition) is 3. The Morgan fingerprint density at radius 1 is 1.19 bits per heavy atom. The van der Waals surface area contributed by atoms with E-state index in [-0.39, 0.29) is 27.6 Å². The molecule has 21 heavy (non-hydrogen) atoms. The molecule has 5 nitrogen and oxygen atoms in total. The standard InChI is InChI=1S/C15H12ClNO4/c1-8-3-2-4-10(13(8)18)14(19)17-12-7-9(15(20)21)5-6-11(12)16/h2-7,18H,1H3,(H,17,19)(H,20,21). The van der Waals surface area contributed by atoms with Crippen LogP contribution in [0, 0.1) is 6.92 Å². The third-order valence-corrected chi connectivity index (χ3v) is 3.27. The van der Waals surface area contributed by atoms with Crippen molar-refractivity contribution in [1.82, 2.24) is 0 Å². The molecule has 0 atom stereocenters. The normalized spacial score (nSPS) is 10.2. The number of halogens is 1. The summed E-state index contributed by atoms with van der Waals surface area (Å²) in [5.41, 5.74) is 0.825. The van der Waals surface area contributed by atoms with Gasteiger partial charge in [0.1, 0.15) is 5.75 Å². The van der Waals surface area contributed by atoms with E-state index in [1.54, 1.807) is 19.1 Å². The first kappa shape index (κ1) is 14.9. The van der Waals surface area contributed by atoms with Crippen molar-refractivity contribution < 1.29 is 19.8 Å². The van der Waals surface area contributed by atoms with Crippen molar-refractivity contribution in [2.45, 2.75) is 6.92 Å². The highest BCUT2D eigenvalue weighted by Gasteiger charge is 2.15. The van der Waals surface area contributed by atoms with Crippen molar-refractivity contribution in [3.8, 4) is 5.75 Å². The van der Waals surface area contributed by atoms with Crippen LogP contribution in [0.2, 0.25) is 5.02 Å². The van der Waals surface area contributed by atoms with Gasteiger partial charge in [-0.2, -0.15) is 0 Å². The van der Waals surface area contributed by atoms with Gasteiger partial charge in [-0.05, 0) is 36.8 Å². The lowest BCUT2D eigenvalue weighted by Gasteiger charge is -2.10. The first-order valence-corrected chi connectivity index (χ1v) is 6.40. The Hall–Kier alpha value is -2.53. The van der Waals surface area contributed by atoms with Crippen LogP contribution >= 0.6 is 11.6 Å². The number of aryl methyl sites for hydroxylation is 1. The average molecular weight is 306 g/mol. The maximum absolute atomic E-state index is 12.1. The van der Waals surface area contributed by atoms with Gasteiger partial charge in [0.2, 0.25) is 0 Å². The van der Waals surface area contributed by atoms with Gasteiger partial charge in [0.05, 0.1) is 21.8 Å². The van der Waals surface area contributed by atoms with Crippen LogP contribution in [0.3, 0.4) is 0 Å². The number of nitrogens with one attached hydrogen (secondary N) is 1. The molecule has 2 aromatic carbocycles. The predicted octanol–water partition coefficient (Wildman–Crippen LogP) is 3.30. The Kier molecular flexibility index (Phi) is 4.14. The minimum atomic E-state index is -1.12. The lowest BCUT2D eigenvalue weighted by molar-refractivity contribution is 0.0696. The second-order valence-corrected chi connectivity index (χ2v) is 4.83. The monoisotopic (exact) mass is 305 g/mol. The molecule has 0 spiro atoms. The molecule has 0 aliphatic heterocycles. The predicted molar refractivity (Wildman–Crippen MR) is 79.2 cm³/mol. The molecule has 1 amide bonds. The van der Waals surface area contributed by atoms with Gasteiger partial charge in [-0.3, -0.25) is 4.79 Å². The summed E-state index contributed by atoms with van der Waals surface area (Å²) in [6.45, 7) is 1.67. The van der Waals surface area contributed by atoms with E-state index in [2.05, 4.69) is 5.32 Å². The summed E-state index contributed by atoms with van der Waals surface area (Å²) in [4.78, 5) is 23.1. The van der Waals surface area contributed by atoms with Gasteiger partial charge in [-0.25, -0.2) is 4.79 Å². The molecule has 2 rings (SSSR count). The number of carboxylic acids is 1. The number of carboxylic acid groups (broad SMARTS) is 1. The van der Waals surface area contributed by atoms with Gasteiger partial charge in [0, 0.05) is 0 Å². The Labute approximate surface area is 125 Å². The number of aromatic hydroxyl groups is 1. The summed E-state index contributed by atoms with van der Waals surface area (Å²) in [6.07, 6.45) is 0. The number of amides is 1. The molecule has 0 aromatic heterocycles. The SMILES string of the molecule is Cc1cccc(C(=O)Nc2cc(C(=O)O)ccc2Cl)c1O.